The summed E-state index contributed by atoms with van der Waals surface area (Å²) in [7, 11) is 4.01. The summed E-state index contributed by atoms with van der Waals surface area (Å²) in [5.41, 5.74) is 2.88. The Balaban J connectivity index is 0.00000363. The van der Waals surface area contributed by atoms with Crippen LogP contribution in [0.2, 0.25) is 0 Å². The fraction of sp³-hybridized carbons (Fsp3) is 0.304. The van der Waals surface area contributed by atoms with Crippen LogP contribution in [0.1, 0.15) is 24.5 Å². The van der Waals surface area contributed by atoms with Gasteiger partial charge in [-0.3, -0.25) is 19.8 Å². The Labute approximate surface area is 197 Å². The largest absolute Gasteiger partial charge is 0.309 e. The van der Waals surface area contributed by atoms with Crippen molar-refractivity contribution in [1.29, 1.82) is 0 Å². The van der Waals surface area contributed by atoms with Crippen LogP contribution in [0.25, 0.3) is 16.3 Å². The zero-order chi connectivity index (χ0) is 22.4. The lowest BCUT2D eigenvalue weighted by atomic mass is 10.2. The number of hydrogen-bond donors (Lipinski definition) is 0. The number of carbonyl (C=O) groups is 1. The topological polar surface area (TPSA) is 79.6 Å². The molecule has 1 amide bonds. The number of carbonyl (C=O) groups excluding carboxylic acids is 1. The van der Waals surface area contributed by atoms with Crippen molar-refractivity contribution in [3.63, 3.8) is 0 Å². The Morgan fingerprint density at radius 1 is 1.16 bits per heavy atom. The highest BCUT2D eigenvalue weighted by molar-refractivity contribution is 7.22. The number of non-ortho nitro benzene ring substituents is 1. The summed E-state index contributed by atoms with van der Waals surface area (Å²) in [6.45, 7) is 3.53. The van der Waals surface area contributed by atoms with Crippen LogP contribution in [-0.2, 0) is 11.2 Å². The predicted molar refractivity (Wildman–Crippen MR) is 134 cm³/mol. The number of rotatable bonds is 9. The van der Waals surface area contributed by atoms with Crippen LogP contribution in [-0.4, -0.2) is 47.9 Å². The highest BCUT2D eigenvalue weighted by atomic mass is 35.5. The van der Waals surface area contributed by atoms with Gasteiger partial charge in [0.1, 0.15) is 0 Å². The number of aromatic nitrogens is 1. The van der Waals surface area contributed by atoms with Gasteiger partial charge < -0.3 is 4.90 Å². The van der Waals surface area contributed by atoms with Crippen molar-refractivity contribution >= 4 is 56.8 Å². The van der Waals surface area contributed by atoms with Gasteiger partial charge in [0.15, 0.2) is 5.13 Å². The van der Waals surface area contributed by atoms with E-state index in [0.717, 1.165) is 35.2 Å². The third kappa shape index (κ3) is 6.59. The molecule has 0 aliphatic carbocycles. The molecule has 7 nitrogen and oxygen atoms in total. The Kier molecular flexibility index (Phi) is 9.31. The first-order chi connectivity index (χ1) is 14.9. The van der Waals surface area contributed by atoms with Crippen LogP contribution in [0.5, 0.6) is 0 Å². The van der Waals surface area contributed by atoms with Crippen LogP contribution in [0.15, 0.2) is 48.5 Å². The predicted octanol–water partition coefficient (Wildman–Crippen LogP) is 5.19. The zero-order valence-corrected chi connectivity index (χ0v) is 20.0. The van der Waals surface area contributed by atoms with Crippen molar-refractivity contribution < 1.29 is 9.72 Å². The van der Waals surface area contributed by atoms with Crippen molar-refractivity contribution in [1.82, 2.24) is 9.88 Å². The summed E-state index contributed by atoms with van der Waals surface area (Å²) in [5, 5.41) is 11.5. The fourth-order valence-corrected chi connectivity index (χ4v) is 4.16. The van der Waals surface area contributed by atoms with Crippen LogP contribution in [0, 0.1) is 10.1 Å². The van der Waals surface area contributed by atoms with Crippen molar-refractivity contribution in [2.24, 2.45) is 0 Å². The quantitative estimate of drug-likeness (QED) is 0.242. The molecule has 0 atom stereocenters. The van der Waals surface area contributed by atoms with Gasteiger partial charge in [0.05, 0.1) is 15.1 Å². The number of thiazole rings is 1. The van der Waals surface area contributed by atoms with Crippen LogP contribution in [0.4, 0.5) is 10.8 Å². The molecule has 170 valence electrons. The van der Waals surface area contributed by atoms with E-state index in [1.54, 1.807) is 23.1 Å². The molecule has 0 radical (unpaired) electrons. The van der Waals surface area contributed by atoms with E-state index in [-0.39, 0.29) is 24.0 Å². The maximum Gasteiger partial charge on any atom is 0.269 e. The van der Waals surface area contributed by atoms with Gasteiger partial charge in [-0.05, 0) is 75.0 Å². The van der Waals surface area contributed by atoms with Crippen LogP contribution < -0.4 is 4.90 Å². The summed E-state index contributed by atoms with van der Waals surface area (Å²) >= 11 is 1.52. The van der Waals surface area contributed by atoms with Crippen molar-refractivity contribution in [2.45, 2.75) is 19.8 Å². The van der Waals surface area contributed by atoms with E-state index in [2.05, 4.69) is 24.0 Å². The lowest BCUT2D eigenvalue weighted by Gasteiger charge is -2.19. The van der Waals surface area contributed by atoms with E-state index in [0.29, 0.717) is 11.7 Å². The van der Waals surface area contributed by atoms with Gasteiger partial charge >= 0.3 is 0 Å². The second kappa shape index (κ2) is 11.7. The highest BCUT2D eigenvalue weighted by Crippen LogP contribution is 2.30. The summed E-state index contributed by atoms with van der Waals surface area (Å²) in [5.74, 6) is -0.160. The SMILES string of the molecule is CCc1ccc2nc(N(CCCN(C)C)C(=O)C=Cc3ccc([N+](=O)[O-])cc3)sc2c1.Cl. The molecule has 0 saturated carbocycles. The minimum absolute atomic E-state index is 0. The molecule has 0 spiro atoms. The number of fused-ring (bicyclic) bond motifs is 1. The number of amides is 1. The number of nitro benzene ring substituents is 1. The van der Waals surface area contributed by atoms with Crippen molar-refractivity contribution in [3.8, 4) is 0 Å². The second-order valence-corrected chi connectivity index (χ2v) is 8.49. The minimum Gasteiger partial charge on any atom is -0.309 e. The molecule has 0 aliphatic rings. The Hall–Kier alpha value is -2.81. The lowest BCUT2D eigenvalue weighted by molar-refractivity contribution is -0.384. The first-order valence-corrected chi connectivity index (χ1v) is 11.0. The van der Waals surface area contributed by atoms with Crippen molar-refractivity contribution in [2.75, 3.05) is 32.1 Å². The van der Waals surface area contributed by atoms with E-state index >= 15 is 0 Å². The molecule has 0 bridgehead atoms. The molecule has 3 rings (SSSR count). The lowest BCUT2D eigenvalue weighted by Crippen LogP contribution is -2.32. The number of aryl methyl sites for hydroxylation is 1. The Bertz CT molecular complexity index is 1100. The summed E-state index contributed by atoms with van der Waals surface area (Å²) < 4.78 is 1.07. The normalized spacial score (nSPS) is 11.1. The Morgan fingerprint density at radius 3 is 2.50 bits per heavy atom. The van der Waals surface area contributed by atoms with Crippen LogP contribution in [0.3, 0.4) is 0 Å². The van der Waals surface area contributed by atoms with E-state index in [4.69, 9.17) is 4.98 Å². The maximum absolute atomic E-state index is 13.1. The average Bonchev–Trinajstić information content (AvgIpc) is 3.17. The molecule has 0 unspecified atom stereocenters. The molecule has 2 aromatic carbocycles. The summed E-state index contributed by atoms with van der Waals surface area (Å²) in [6, 6.07) is 12.3. The van der Waals surface area contributed by atoms with Gasteiger partial charge in [0.25, 0.3) is 11.6 Å². The first-order valence-electron chi connectivity index (χ1n) is 10.2. The van der Waals surface area contributed by atoms with Gasteiger partial charge in [0, 0.05) is 24.8 Å². The van der Waals surface area contributed by atoms with E-state index in [1.807, 2.05) is 20.2 Å². The third-order valence-corrected chi connectivity index (χ3v) is 5.90. The molecule has 1 heterocycles. The summed E-state index contributed by atoms with van der Waals surface area (Å²) in [6.07, 6.45) is 4.95. The van der Waals surface area contributed by atoms with Crippen molar-refractivity contribution in [3.05, 3.63) is 69.8 Å². The molecule has 0 N–H and O–H groups in total. The number of nitrogens with zero attached hydrogens (tertiary/aromatic N) is 4. The fourth-order valence-electron chi connectivity index (χ4n) is 3.10. The molecule has 3 aromatic rings. The number of hydrogen-bond acceptors (Lipinski definition) is 6. The smallest absolute Gasteiger partial charge is 0.269 e. The first kappa shape index (κ1) is 25.5. The van der Waals surface area contributed by atoms with Gasteiger partial charge in [0.2, 0.25) is 0 Å². The van der Waals surface area contributed by atoms with Crippen LogP contribution >= 0.6 is 23.7 Å². The molecular weight excluding hydrogens is 448 g/mol. The molecular formula is C23H27ClN4O3S. The highest BCUT2D eigenvalue weighted by Gasteiger charge is 2.18. The van der Waals surface area contributed by atoms with Gasteiger partial charge in [-0.2, -0.15) is 0 Å². The van der Waals surface area contributed by atoms with E-state index in [9.17, 15) is 14.9 Å². The molecule has 9 heteroatoms. The number of nitro groups is 1. The van der Waals surface area contributed by atoms with E-state index in [1.165, 1.54) is 35.1 Å². The molecule has 32 heavy (non-hydrogen) atoms. The van der Waals surface area contributed by atoms with E-state index < -0.39 is 4.92 Å². The third-order valence-electron chi connectivity index (χ3n) is 4.86. The standard InChI is InChI=1S/C23H26N4O3S.ClH/c1-4-17-8-12-20-21(16-17)31-23(24-20)26(15-5-14-25(2)3)22(28)13-9-18-6-10-19(11-7-18)27(29)30;/h6-13,16H,4-5,14-15H2,1-3H3;1H. The molecule has 0 aliphatic heterocycles. The molecule has 0 saturated heterocycles. The van der Waals surface area contributed by atoms with Gasteiger partial charge in [-0.15, -0.1) is 12.4 Å². The zero-order valence-electron chi connectivity index (χ0n) is 18.4. The summed E-state index contributed by atoms with van der Waals surface area (Å²) in [4.78, 5) is 31.9. The average molecular weight is 475 g/mol. The molecule has 1 aromatic heterocycles. The Morgan fingerprint density at radius 2 is 1.88 bits per heavy atom. The number of benzene rings is 2. The monoisotopic (exact) mass is 474 g/mol. The minimum atomic E-state index is -0.442. The number of halogens is 1. The molecule has 0 fully saturated rings. The second-order valence-electron chi connectivity index (χ2n) is 7.48. The van der Waals surface area contributed by atoms with Gasteiger partial charge in [-0.1, -0.05) is 24.3 Å². The maximum atomic E-state index is 13.1. The number of anilines is 1. The van der Waals surface area contributed by atoms with Gasteiger partial charge in [-0.25, -0.2) is 4.98 Å².